The van der Waals surface area contributed by atoms with E-state index in [1.165, 1.54) is 44.5 Å². The fraction of sp³-hybridized carbons (Fsp3) is 0.556. The Hall–Kier alpha value is -1.12. The minimum Gasteiger partial charge on any atom is -0.311 e. The molecule has 3 rings (SSSR count). The number of hydrogen-bond acceptors (Lipinski definition) is 2. The van der Waals surface area contributed by atoms with Crippen molar-refractivity contribution in [2.45, 2.75) is 31.7 Å². The zero-order valence-corrected chi connectivity index (χ0v) is 12.3. The van der Waals surface area contributed by atoms with Crippen LogP contribution >= 0.6 is 0 Å². The molecule has 0 saturated carbocycles. The van der Waals surface area contributed by atoms with Crippen LogP contribution < -0.4 is 5.32 Å². The average molecular weight is 270 g/mol. The summed E-state index contributed by atoms with van der Waals surface area (Å²) >= 11 is 0. The molecule has 0 amide bonds. The van der Waals surface area contributed by atoms with Crippen molar-refractivity contribution in [3.8, 4) is 0 Å². The Labute approximate surface area is 122 Å². The van der Waals surface area contributed by atoms with Crippen molar-refractivity contribution in [2.24, 2.45) is 5.92 Å². The van der Waals surface area contributed by atoms with Crippen molar-refractivity contribution in [2.75, 3.05) is 26.2 Å². The minimum absolute atomic E-state index is 0.616. The van der Waals surface area contributed by atoms with Gasteiger partial charge in [0.1, 0.15) is 0 Å². The molecule has 2 unspecified atom stereocenters. The Kier molecular flexibility index (Phi) is 4.88. The molecule has 1 heterocycles. The van der Waals surface area contributed by atoms with E-state index in [0.717, 1.165) is 18.9 Å². The summed E-state index contributed by atoms with van der Waals surface area (Å²) in [6.07, 6.45) is 9.81. The van der Waals surface area contributed by atoms with Gasteiger partial charge in [0, 0.05) is 32.2 Å². The van der Waals surface area contributed by atoms with Gasteiger partial charge in [-0.25, -0.2) is 0 Å². The van der Waals surface area contributed by atoms with Crippen LogP contribution in [0.4, 0.5) is 0 Å². The second kappa shape index (κ2) is 7.05. The number of nitrogens with one attached hydrogen (secondary N) is 1. The molecule has 1 N–H and O–H groups in total. The van der Waals surface area contributed by atoms with Crippen LogP contribution in [-0.2, 0) is 6.42 Å². The van der Waals surface area contributed by atoms with Crippen molar-refractivity contribution < 1.29 is 0 Å². The smallest absolute Gasteiger partial charge is 0.0235 e. The van der Waals surface area contributed by atoms with Gasteiger partial charge in [-0.15, -0.1) is 0 Å². The summed E-state index contributed by atoms with van der Waals surface area (Å²) in [6, 6.07) is 11.5. The summed E-state index contributed by atoms with van der Waals surface area (Å²) in [4.78, 5) is 2.67. The van der Waals surface area contributed by atoms with E-state index >= 15 is 0 Å². The lowest BCUT2D eigenvalue weighted by Gasteiger charge is -2.36. The molecule has 1 aromatic carbocycles. The van der Waals surface area contributed by atoms with Crippen LogP contribution in [0.2, 0.25) is 0 Å². The predicted molar refractivity (Wildman–Crippen MR) is 84.9 cm³/mol. The summed E-state index contributed by atoms with van der Waals surface area (Å²) in [5.74, 6) is 0.885. The number of hydrogen-bond donors (Lipinski definition) is 1. The molecule has 1 saturated heterocycles. The van der Waals surface area contributed by atoms with Crippen molar-refractivity contribution in [3.05, 3.63) is 48.0 Å². The molecule has 0 bridgehead atoms. The molecule has 0 spiro atoms. The van der Waals surface area contributed by atoms with Crippen LogP contribution in [0.1, 0.15) is 24.8 Å². The van der Waals surface area contributed by atoms with Crippen molar-refractivity contribution >= 4 is 0 Å². The van der Waals surface area contributed by atoms with Crippen LogP contribution in [0.25, 0.3) is 0 Å². The van der Waals surface area contributed by atoms with Gasteiger partial charge in [-0.05, 0) is 37.2 Å². The summed E-state index contributed by atoms with van der Waals surface area (Å²) in [5, 5.41) is 3.68. The highest BCUT2D eigenvalue weighted by molar-refractivity contribution is 5.16. The number of allylic oxidation sites excluding steroid dienone is 2. The molecule has 0 aromatic heterocycles. The molecule has 2 atom stereocenters. The first-order valence-corrected chi connectivity index (χ1v) is 8.05. The van der Waals surface area contributed by atoms with Crippen molar-refractivity contribution in [1.82, 2.24) is 10.2 Å². The van der Waals surface area contributed by atoms with Crippen LogP contribution in [0.5, 0.6) is 0 Å². The molecule has 1 aliphatic carbocycles. The highest BCUT2D eigenvalue weighted by atomic mass is 15.2. The third-order valence-corrected chi connectivity index (χ3v) is 4.56. The maximum atomic E-state index is 3.68. The molecule has 1 aliphatic heterocycles. The van der Waals surface area contributed by atoms with E-state index in [1.54, 1.807) is 0 Å². The van der Waals surface area contributed by atoms with E-state index in [2.05, 4.69) is 52.7 Å². The molecule has 2 nitrogen and oxygen atoms in total. The van der Waals surface area contributed by atoms with Gasteiger partial charge in [0.15, 0.2) is 0 Å². The summed E-state index contributed by atoms with van der Waals surface area (Å²) < 4.78 is 0. The van der Waals surface area contributed by atoms with Gasteiger partial charge in [-0.1, -0.05) is 42.5 Å². The maximum Gasteiger partial charge on any atom is 0.0235 e. The highest BCUT2D eigenvalue weighted by Gasteiger charge is 2.22. The lowest BCUT2D eigenvalue weighted by Crippen LogP contribution is -2.52. The van der Waals surface area contributed by atoms with Crippen LogP contribution in [0.15, 0.2) is 42.5 Å². The van der Waals surface area contributed by atoms with E-state index in [-0.39, 0.29) is 0 Å². The van der Waals surface area contributed by atoms with Gasteiger partial charge in [0.25, 0.3) is 0 Å². The first-order valence-electron chi connectivity index (χ1n) is 8.05. The van der Waals surface area contributed by atoms with Gasteiger partial charge >= 0.3 is 0 Å². The van der Waals surface area contributed by atoms with Crippen LogP contribution in [0, 0.1) is 5.92 Å². The fourth-order valence-corrected chi connectivity index (χ4v) is 3.48. The zero-order chi connectivity index (χ0) is 13.6. The first-order chi connectivity index (χ1) is 9.90. The third-order valence-electron chi connectivity index (χ3n) is 4.56. The lowest BCUT2D eigenvalue weighted by molar-refractivity contribution is 0.168. The summed E-state index contributed by atoms with van der Waals surface area (Å²) in [5.41, 5.74) is 1.45. The molecule has 1 aromatic rings. The Bertz CT molecular complexity index is 426. The molecule has 1 fully saturated rings. The molecule has 108 valence electrons. The van der Waals surface area contributed by atoms with Gasteiger partial charge in [-0.3, -0.25) is 0 Å². The van der Waals surface area contributed by atoms with E-state index in [0.29, 0.717) is 6.04 Å². The SMILES string of the molecule is C1=CCC(CN2CCNC(Cc3ccccc3)C2)CC1. The normalized spacial score (nSPS) is 27.6. The lowest BCUT2D eigenvalue weighted by atomic mass is 9.93. The number of benzene rings is 1. The quantitative estimate of drug-likeness (QED) is 0.846. The van der Waals surface area contributed by atoms with Crippen molar-refractivity contribution in [3.63, 3.8) is 0 Å². The molecule has 20 heavy (non-hydrogen) atoms. The third kappa shape index (κ3) is 3.94. The van der Waals surface area contributed by atoms with Crippen LogP contribution in [0.3, 0.4) is 0 Å². The van der Waals surface area contributed by atoms with E-state index in [9.17, 15) is 0 Å². The minimum atomic E-state index is 0.616. The van der Waals surface area contributed by atoms with E-state index in [1.807, 2.05) is 0 Å². The molecule has 2 aliphatic rings. The summed E-state index contributed by atoms with van der Waals surface area (Å²) in [7, 11) is 0. The number of nitrogens with zero attached hydrogens (tertiary/aromatic N) is 1. The predicted octanol–water partition coefficient (Wildman–Crippen LogP) is 2.86. The molecular formula is C18H26N2. The standard InChI is InChI=1S/C18H26N2/c1-3-7-16(8-4-1)13-18-15-20(12-11-19-18)14-17-9-5-2-6-10-17/h1-5,7-8,17-19H,6,9-15H2. The Balaban J connectivity index is 1.50. The first kappa shape index (κ1) is 13.8. The fourth-order valence-electron chi connectivity index (χ4n) is 3.48. The second-order valence-corrected chi connectivity index (χ2v) is 6.25. The largest absolute Gasteiger partial charge is 0.311 e. The van der Waals surface area contributed by atoms with Gasteiger partial charge in [-0.2, -0.15) is 0 Å². The maximum absolute atomic E-state index is 3.68. The second-order valence-electron chi connectivity index (χ2n) is 6.25. The Morgan fingerprint density at radius 3 is 2.85 bits per heavy atom. The Morgan fingerprint density at radius 2 is 2.05 bits per heavy atom. The van der Waals surface area contributed by atoms with Gasteiger partial charge < -0.3 is 10.2 Å². The Morgan fingerprint density at radius 1 is 1.15 bits per heavy atom. The monoisotopic (exact) mass is 270 g/mol. The van der Waals surface area contributed by atoms with Gasteiger partial charge in [0.2, 0.25) is 0 Å². The number of piperazine rings is 1. The van der Waals surface area contributed by atoms with E-state index in [4.69, 9.17) is 0 Å². The molecule has 0 radical (unpaired) electrons. The highest BCUT2D eigenvalue weighted by Crippen LogP contribution is 2.20. The summed E-state index contributed by atoms with van der Waals surface area (Å²) in [6.45, 7) is 4.85. The van der Waals surface area contributed by atoms with Crippen molar-refractivity contribution in [1.29, 1.82) is 0 Å². The topological polar surface area (TPSA) is 15.3 Å². The molecule has 2 heteroatoms. The van der Waals surface area contributed by atoms with Crippen LogP contribution in [-0.4, -0.2) is 37.1 Å². The average Bonchev–Trinajstić information content (AvgIpc) is 2.50. The van der Waals surface area contributed by atoms with E-state index < -0.39 is 0 Å². The zero-order valence-electron chi connectivity index (χ0n) is 12.3. The molecular weight excluding hydrogens is 244 g/mol. The number of rotatable bonds is 4. The van der Waals surface area contributed by atoms with Gasteiger partial charge in [0.05, 0.1) is 0 Å².